The van der Waals surface area contributed by atoms with E-state index in [1.165, 1.54) is 0 Å². The summed E-state index contributed by atoms with van der Waals surface area (Å²) in [6.07, 6.45) is 0. The van der Waals surface area contributed by atoms with Gasteiger partial charge < -0.3 is 9.73 Å². The highest BCUT2D eigenvalue weighted by Gasteiger charge is 2.13. The number of nitrogens with zero attached hydrogens (tertiary/aromatic N) is 1. The molecule has 0 aliphatic heterocycles. The van der Waals surface area contributed by atoms with E-state index in [4.69, 9.17) is 4.42 Å². The van der Waals surface area contributed by atoms with Gasteiger partial charge in [-0.3, -0.25) is 0 Å². The van der Waals surface area contributed by atoms with Gasteiger partial charge in [0.25, 0.3) is 0 Å². The quantitative estimate of drug-likeness (QED) is 0.894. The molecule has 0 unspecified atom stereocenters. The summed E-state index contributed by atoms with van der Waals surface area (Å²) in [7, 11) is 0. The van der Waals surface area contributed by atoms with Gasteiger partial charge in [-0.25, -0.2) is 4.98 Å². The molecule has 5 heteroatoms. The van der Waals surface area contributed by atoms with Gasteiger partial charge in [0.05, 0.1) is 0 Å². The van der Waals surface area contributed by atoms with Crippen molar-refractivity contribution in [3.8, 4) is 11.5 Å². The number of anilines is 1. The Balaban J connectivity index is 2.20. The van der Waals surface area contributed by atoms with Crippen LogP contribution in [0.4, 0.5) is 5.13 Å². The van der Waals surface area contributed by atoms with Crippen molar-refractivity contribution in [3.05, 3.63) is 22.2 Å². The molecule has 2 aromatic heterocycles. The maximum Gasteiger partial charge on any atom is 0.183 e. The molecule has 2 rings (SSSR count). The Morgan fingerprint density at radius 1 is 1.38 bits per heavy atom. The van der Waals surface area contributed by atoms with Crippen LogP contribution in [0.3, 0.4) is 0 Å². The standard InChI is InChI=1S/C11H13BrN2OS/c1-11(2,3)14-10-13-7(6-16-10)8-4-5-9(12)15-8/h4-6H,1-3H3,(H,13,14). The minimum Gasteiger partial charge on any atom is -0.448 e. The van der Waals surface area contributed by atoms with Crippen molar-refractivity contribution >= 4 is 32.4 Å². The first-order chi connectivity index (χ1) is 7.44. The summed E-state index contributed by atoms with van der Waals surface area (Å²) in [6, 6.07) is 3.77. The van der Waals surface area contributed by atoms with Crippen LogP contribution in [0.25, 0.3) is 11.5 Å². The predicted molar refractivity (Wildman–Crippen MR) is 70.9 cm³/mol. The first kappa shape index (κ1) is 11.7. The maximum atomic E-state index is 5.45. The van der Waals surface area contributed by atoms with Gasteiger partial charge in [-0.2, -0.15) is 0 Å². The molecule has 2 aromatic rings. The van der Waals surface area contributed by atoms with Gasteiger partial charge in [-0.1, -0.05) is 0 Å². The van der Waals surface area contributed by atoms with Crippen molar-refractivity contribution in [2.45, 2.75) is 26.3 Å². The van der Waals surface area contributed by atoms with Gasteiger partial charge in [0, 0.05) is 10.9 Å². The zero-order valence-electron chi connectivity index (χ0n) is 9.37. The summed E-state index contributed by atoms with van der Waals surface area (Å²) >= 11 is 4.86. The Morgan fingerprint density at radius 3 is 2.69 bits per heavy atom. The normalized spacial score (nSPS) is 11.8. The molecule has 0 atom stereocenters. The van der Waals surface area contributed by atoms with E-state index in [0.717, 1.165) is 21.3 Å². The molecule has 3 nitrogen and oxygen atoms in total. The van der Waals surface area contributed by atoms with Gasteiger partial charge in [0.15, 0.2) is 15.6 Å². The fourth-order valence-corrected chi connectivity index (χ4v) is 2.43. The van der Waals surface area contributed by atoms with Crippen molar-refractivity contribution in [1.29, 1.82) is 0 Å². The molecular weight excluding hydrogens is 288 g/mol. The number of nitrogens with one attached hydrogen (secondary N) is 1. The van der Waals surface area contributed by atoms with Gasteiger partial charge >= 0.3 is 0 Å². The minimum absolute atomic E-state index is 0.0267. The molecule has 16 heavy (non-hydrogen) atoms. The molecule has 0 aromatic carbocycles. The van der Waals surface area contributed by atoms with Crippen LogP contribution in [0.2, 0.25) is 0 Å². The Morgan fingerprint density at radius 2 is 2.12 bits per heavy atom. The van der Waals surface area contributed by atoms with E-state index in [1.807, 2.05) is 17.5 Å². The summed E-state index contributed by atoms with van der Waals surface area (Å²) < 4.78 is 6.17. The van der Waals surface area contributed by atoms with E-state index in [2.05, 4.69) is 47.0 Å². The Hall–Kier alpha value is -0.810. The maximum absolute atomic E-state index is 5.45. The highest BCUT2D eigenvalue weighted by molar-refractivity contribution is 9.10. The molecule has 86 valence electrons. The Labute approximate surface area is 107 Å². The number of rotatable bonds is 2. The predicted octanol–water partition coefficient (Wildman–Crippen LogP) is 4.38. The lowest BCUT2D eigenvalue weighted by atomic mass is 10.1. The largest absolute Gasteiger partial charge is 0.448 e. The third kappa shape index (κ3) is 2.86. The van der Waals surface area contributed by atoms with Crippen LogP contribution in [-0.4, -0.2) is 10.5 Å². The number of hydrogen-bond acceptors (Lipinski definition) is 4. The summed E-state index contributed by atoms with van der Waals surface area (Å²) in [5.41, 5.74) is 0.890. The average molecular weight is 301 g/mol. The van der Waals surface area contributed by atoms with Crippen molar-refractivity contribution < 1.29 is 4.42 Å². The van der Waals surface area contributed by atoms with Gasteiger partial charge in [-0.05, 0) is 48.8 Å². The molecule has 0 aliphatic rings. The van der Waals surface area contributed by atoms with Crippen LogP contribution < -0.4 is 5.32 Å². The van der Waals surface area contributed by atoms with Crippen LogP contribution in [-0.2, 0) is 0 Å². The Kier molecular flexibility index (Phi) is 3.08. The fourth-order valence-electron chi connectivity index (χ4n) is 1.22. The molecular formula is C11H13BrN2OS. The minimum atomic E-state index is 0.0267. The first-order valence-corrected chi connectivity index (χ1v) is 6.61. The van der Waals surface area contributed by atoms with Crippen LogP contribution in [0.15, 0.2) is 26.6 Å². The summed E-state index contributed by atoms with van der Waals surface area (Å²) in [6.45, 7) is 6.33. The first-order valence-electron chi connectivity index (χ1n) is 4.93. The topological polar surface area (TPSA) is 38.1 Å². The van der Waals surface area contributed by atoms with E-state index in [9.17, 15) is 0 Å². The number of thiazole rings is 1. The second-order valence-electron chi connectivity index (χ2n) is 4.52. The summed E-state index contributed by atoms with van der Waals surface area (Å²) in [4.78, 5) is 4.47. The summed E-state index contributed by atoms with van der Waals surface area (Å²) in [5.74, 6) is 0.782. The van der Waals surface area contributed by atoms with Crippen molar-refractivity contribution in [2.24, 2.45) is 0 Å². The molecule has 0 aliphatic carbocycles. The monoisotopic (exact) mass is 300 g/mol. The van der Waals surface area contributed by atoms with E-state index in [0.29, 0.717) is 0 Å². The average Bonchev–Trinajstić information content (AvgIpc) is 2.71. The SMILES string of the molecule is CC(C)(C)Nc1nc(-c2ccc(Br)o2)cs1. The van der Waals surface area contributed by atoms with Crippen molar-refractivity contribution in [1.82, 2.24) is 4.98 Å². The third-order valence-corrected chi connectivity index (χ3v) is 3.00. The second kappa shape index (κ2) is 4.22. The van der Waals surface area contributed by atoms with Crippen molar-refractivity contribution in [2.75, 3.05) is 5.32 Å². The molecule has 2 heterocycles. The van der Waals surface area contributed by atoms with E-state index in [-0.39, 0.29) is 5.54 Å². The smallest absolute Gasteiger partial charge is 0.183 e. The molecule has 1 N–H and O–H groups in total. The fraction of sp³-hybridized carbons (Fsp3) is 0.364. The highest BCUT2D eigenvalue weighted by Crippen LogP contribution is 2.29. The van der Waals surface area contributed by atoms with Gasteiger partial charge in [-0.15, -0.1) is 11.3 Å². The van der Waals surface area contributed by atoms with Crippen molar-refractivity contribution in [3.63, 3.8) is 0 Å². The number of halogens is 1. The molecule has 0 saturated carbocycles. The highest BCUT2D eigenvalue weighted by atomic mass is 79.9. The number of aromatic nitrogens is 1. The lowest BCUT2D eigenvalue weighted by Gasteiger charge is -2.19. The van der Waals surface area contributed by atoms with E-state index in [1.54, 1.807) is 11.3 Å². The second-order valence-corrected chi connectivity index (χ2v) is 6.16. The molecule has 0 fully saturated rings. The molecule has 0 saturated heterocycles. The van der Waals surface area contributed by atoms with E-state index >= 15 is 0 Å². The molecule has 0 spiro atoms. The van der Waals surface area contributed by atoms with Crippen LogP contribution in [0.5, 0.6) is 0 Å². The molecule has 0 amide bonds. The lowest BCUT2D eigenvalue weighted by Crippen LogP contribution is -2.25. The van der Waals surface area contributed by atoms with Gasteiger partial charge in [0.1, 0.15) is 5.69 Å². The Bertz CT molecular complexity index is 484. The van der Waals surface area contributed by atoms with E-state index < -0.39 is 0 Å². The van der Waals surface area contributed by atoms with Crippen LogP contribution >= 0.6 is 27.3 Å². The van der Waals surface area contributed by atoms with Crippen LogP contribution in [0, 0.1) is 0 Å². The zero-order valence-corrected chi connectivity index (χ0v) is 11.8. The third-order valence-electron chi connectivity index (χ3n) is 1.81. The van der Waals surface area contributed by atoms with Gasteiger partial charge in [0.2, 0.25) is 0 Å². The molecule has 0 radical (unpaired) electrons. The summed E-state index contributed by atoms with van der Waals surface area (Å²) in [5, 5.41) is 6.23. The van der Waals surface area contributed by atoms with Crippen LogP contribution in [0.1, 0.15) is 20.8 Å². The molecule has 0 bridgehead atoms. The number of furan rings is 1. The lowest BCUT2D eigenvalue weighted by molar-refractivity contribution is 0.554. The zero-order chi connectivity index (χ0) is 11.8. The number of hydrogen-bond donors (Lipinski definition) is 1.